The van der Waals surface area contributed by atoms with Crippen molar-refractivity contribution in [3.63, 3.8) is 0 Å². The molecular weight excluding hydrogens is 356 g/mol. The Morgan fingerprint density at radius 1 is 1.00 bits per heavy atom. The second-order valence-electron chi connectivity index (χ2n) is 5.99. The number of anilines is 3. The van der Waals surface area contributed by atoms with Crippen molar-refractivity contribution in [2.75, 3.05) is 24.9 Å². The normalized spacial score (nSPS) is 10.2. The van der Waals surface area contributed by atoms with Crippen molar-refractivity contribution in [2.24, 2.45) is 0 Å². The van der Waals surface area contributed by atoms with Gasteiger partial charge in [0.1, 0.15) is 11.5 Å². The van der Waals surface area contributed by atoms with E-state index in [4.69, 9.17) is 9.47 Å². The Balaban J connectivity index is 1.68. The van der Waals surface area contributed by atoms with Crippen LogP contribution in [0.4, 0.5) is 17.3 Å². The molecule has 0 fully saturated rings. The van der Waals surface area contributed by atoms with Gasteiger partial charge in [-0.05, 0) is 36.2 Å². The van der Waals surface area contributed by atoms with Gasteiger partial charge in [-0.15, -0.1) is 0 Å². The number of aromatic nitrogens is 2. The summed E-state index contributed by atoms with van der Waals surface area (Å²) < 4.78 is 10.4. The van der Waals surface area contributed by atoms with Gasteiger partial charge in [0.2, 0.25) is 5.95 Å². The summed E-state index contributed by atoms with van der Waals surface area (Å²) in [5.74, 6) is 1.23. The molecule has 2 N–H and O–H groups in total. The maximum atomic E-state index is 12.5. The Bertz CT molecular complexity index is 941. The SMILES string of the molecule is CCc1ccc(Nc2ncc(C(=O)Nc3ccc(OC)cc3OC)cn2)cc1. The number of nitrogens with zero attached hydrogens (tertiary/aromatic N) is 2. The minimum Gasteiger partial charge on any atom is -0.497 e. The third-order valence-electron chi connectivity index (χ3n) is 4.19. The van der Waals surface area contributed by atoms with Crippen molar-refractivity contribution >= 4 is 23.2 Å². The van der Waals surface area contributed by atoms with Crippen molar-refractivity contribution in [1.82, 2.24) is 9.97 Å². The maximum Gasteiger partial charge on any atom is 0.258 e. The summed E-state index contributed by atoms with van der Waals surface area (Å²) in [6, 6.07) is 13.2. The fraction of sp³-hybridized carbons (Fsp3) is 0.190. The first-order valence-electron chi connectivity index (χ1n) is 8.84. The molecule has 0 unspecified atom stereocenters. The fourth-order valence-electron chi connectivity index (χ4n) is 2.56. The highest BCUT2D eigenvalue weighted by Crippen LogP contribution is 2.29. The van der Waals surface area contributed by atoms with Crippen molar-refractivity contribution in [3.05, 3.63) is 66.0 Å². The van der Waals surface area contributed by atoms with Crippen LogP contribution in [0.15, 0.2) is 54.9 Å². The lowest BCUT2D eigenvalue weighted by molar-refractivity contribution is 0.102. The first-order valence-corrected chi connectivity index (χ1v) is 8.84. The predicted octanol–water partition coefficient (Wildman–Crippen LogP) is 4.05. The summed E-state index contributed by atoms with van der Waals surface area (Å²) >= 11 is 0. The zero-order valence-electron chi connectivity index (χ0n) is 16.0. The summed E-state index contributed by atoms with van der Waals surface area (Å²) in [5.41, 5.74) is 3.01. The third kappa shape index (κ3) is 4.56. The fourth-order valence-corrected chi connectivity index (χ4v) is 2.56. The molecule has 0 radical (unpaired) electrons. The Kier molecular flexibility index (Phi) is 6.06. The predicted molar refractivity (Wildman–Crippen MR) is 109 cm³/mol. The molecule has 0 saturated heterocycles. The topological polar surface area (TPSA) is 85.4 Å². The quantitative estimate of drug-likeness (QED) is 0.645. The Hall–Kier alpha value is -3.61. The Morgan fingerprint density at radius 2 is 1.71 bits per heavy atom. The van der Waals surface area contributed by atoms with E-state index in [2.05, 4.69) is 27.5 Å². The average Bonchev–Trinajstić information content (AvgIpc) is 2.75. The molecular formula is C21H22N4O3. The van der Waals surface area contributed by atoms with Crippen LogP contribution in [0.3, 0.4) is 0 Å². The van der Waals surface area contributed by atoms with Crippen LogP contribution in [0.1, 0.15) is 22.8 Å². The second kappa shape index (κ2) is 8.85. The molecule has 0 aliphatic heterocycles. The zero-order valence-corrected chi connectivity index (χ0v) is 16.0. The van der Waals surface area contributed by atoms with Gasteiger partial charge in [0.15, 0.2) is 0 Å². The van der Waals surface area contributed by atoms with Gasteiger partial charge in [0, 0.05) is 24.1 Å². The van der Waals surface area contributed by atoms with Crippen LogP contribution in [0.5, 0.6) is 11.5 Å². The molecule has 0 spiro atoms. The number of carbonyl (C=O) groups is 1. The highest BCUT2D eigenvalue weighted by Gasteiger charge is 2.12. The van der Waals surface area contributed by atoms with Crippen LogP contribution in [0.25, 0.3) is 0 Å². The van der Waals surface area contributed by atoms with Crippen LogP contribution in [0, 0.1) is 0 Å². The third-order valence-corrected chi connectivity index (χ3v) is 4.19. The smallest absolute Gasteiger partial charge is 0.258 e. The number of ether oxygens (including phenoxy) is 2. The monoisotopic (exact) mass is 378 g/mol. The van der Waals surface area contributed by atoms with E-state index in [1.807, 2.05) is 24.3 Å². The number of nitrogens with one attached hydrogen (secondary N) is 2. The van der Waals surface area contributed by atoms with Gasteiger partial charge >= 0.3 is 0 Å². The molecule has 1 heterocycles. The van der Waals surface area contributed by atoms with E-state index in [1.165, 1.54) is 25.1 Å². The molecule has 7 nitrogen and oxygen atoms in total. The number of hydrogen-bond acceptors (Lipinski definition) is 6. The van der Waals surface area contributed by atoms with Crippen LogP contribution in [-0.2, 0) is 6.42 Å². The van der Waals surface area contributed by atoms with E-state index in [0.717, 1.165) is 12.1 Å². The van der Waals surface area contributed by atoms with Crippen LogP contribution < -0.4 is 20.1 Å². The number of benzene rings is 2. The highest BCUT2D eigenvalue weighted by molar-refractivity contribution is 6.04. The van der Waals surface area contributed by atoms with Gasteiger partial charge in [-0.2, -0.15) is 0 Å². The lowest BCUT2D eigenvalue weighted by atomic mass is 10.1. The molecule has 7 heteroatoms. The summed E-state index contributed by atoms with van der Waals surface area (Å²) in [4.78, 5) is 20.9. The Labute approximate surface area is 163 Å². The molecule has 0 atom stereocenters. The Morgan fingerprint density at radius 3 is 2.32 bits per heavy atom. The van der Waals surface area contributed by atoms with E-state index < -0.39 is 0 Å². The summed E-state index contributed by atoms with van der Waals surface area (Å²) in [6.07, 6.45) is 3.93. The molecule has 2 aromatic carbocycles. The first-order chi connectivity index (χ1) is 13.6. The molecule has 3 aromatic rings. The molecule has 1 aromatic heterocycles. The number of hydrogen-bond donors (Lipinski definition) is 2. The largest absolute Gasteiger partial charge is 0.497 e. The van der Waals surface area contributed by atoms with Crippen LogP contribution in [0.2, 0.25) is 0 Å². The molecule has 1 amide bonds. The molecule has 0 bridgehead atoms. The van der Waals surface area contributed by atoms with Crippen LogP contribution >= 0.6 is 0 Å². The van der Waals surface area contributed by atoms with Crippen molar-refractivity contribution in [3.8, 4) is 11.5 Å². The van der Waals surface area contributed by atoms with Crippen molar-refractivity contribution in [2.45, 2.75) is 13.3 Å². The number of aryl methyl sites for hydroxylation is 1. The highest BCUT2D eigenvalue weighted by atomic mass is 16.5. The minimum atomic E-state index is -0.331. The summed E-state index contributed by atoms with van der Waals surface area (Å²) in [7, 11) is 3.10. The summed E-state index contributed by atoms with van der Waals surface area (Å²) in [5, 5.41) is 5.91. The van der Waals surface area contributed by atoms with Gasteiger partial charge in [-0.25, -0.2) is 9.97 Å². The molecule has 0 aliphatic rings. The van der Waals surface area contributed by atoms with Crippen molar-refractivity contribution < 1.29 is 14.3 Å². The molecule has 3 rings (SSSR count). The number of carbonyl (C=O) groups excluding carboxylic acids is 1. The minimum absolute atomic E-state index is 0.331. The number of methoxy groups -OCH3 is 2. The zero-order chi connectivity index (χ0) is 19.9. The van der Waals surface area contributed by atoms with Crippen LogP contribution in [-0.4, -0.2) is 30.1 Å². The van der Waals surface area contributed by atoms with Gasteiger partial charge in [0.25, 0.3) is 5.91 Å². The maximum absolute atomic E-state index is 12.5. The van der Waals surface area contributed by atoms with Crippen molar-refractivity contribution in [1.29, 1.82) is 0 Å². The van der Waals surface area contributed by atoms with Gasteiger partial charge < -0.3 is 20.1 Å². The lowest BCUT2D eigenvalue weighted by Crippen LogP contribution is -2.13. The standard InChI is InChI=1S/C21H22N4O3/c1-4-14-5-7-16(8-6-14)24-21-22-12-15(13-23-21)20(26)25-18-10-9-17(27-2)11-19(18)28-3/h5-13H,4H2,1-3H3,(H,25,26)(H,22,23,24). The molecule has 0 aliphatic carbocycles. The van der Waals surface area contributed by atoms with Gasteiger partial charge in [0.05, 0.1) is 25.5 Å². The number of rotatable bonds is 7. The lowest BCUT2D eigenvalue weighted by Gasteiger charge is -2.11. The van der Waals surface area contributed by atoms with E-state index in [9.17, 15) is 4.79 Å². The first kappa shape index (κ1) is 19.2. The van der Waals surface area contributed by atoms with E-state index >= 15 is 0 Å². The average molecular weight is 378 g/mol. The second-order valence-corrected chi connectivity index (χ2v) is 5.99. The van der Waals surface area contributed by atoms with Gasteiger partial charge in [-0.1, -0.05) is 19.1 Å². The number of amides is 1. The van der Waals surface area contributed by atoms with Gasteiger partial charge in [-0.3, -0.25) is 4.79 Å². The summed E-state index contributed by atoms with van der Waals surface area (Å²) in [6.45, 7) is 2.11. The van der Waals surface area contributed by atoms with E-state index in [0.29, 0.717) is 28.7 Å². The molecule has 0 saturated carbocycles. The van der Waals surface area contributed by atoms with E-state index in [-0.39, 0.29) is 5.91 Å². The molecule has 144 valence electrons. The van der Waals surface area contributed by atoms with E-state index in [1.54, 1.807) is 25.3 Å². The molecule has 28 heavy (non-hydrogen) atoms.